The number of hydrogen-bond donors (Lipinski definition) is 2. The molecule has 0 radical (unpaired) electrons. The highest BCUT2D eigenvalue weighted by Gasteiger charge is 2.22. The molecule has 1 fully saturated rings. The van der Waals surface area contributed by atoms with Crippen molar-refractivity contribution in [3.63, 3.8) is 0 Å². The lowest BCUT2D eigenvalue weighted by Crippen LogP contribution is -2.39. The molecule has 0 saturated carbocycles. The van der Waals surface area contributed by atoms with E-state index < -0.39 is 0 Å². The van der Waals surface area contributed by atoms with E-state index in [1.54, 1.807) is 13.2 Å². The van der Waals surface area contributed by atoms with Crippen LogP contribution in [0, 0.1) is 0 Å². The number of ether oxygens (including phenoxy) is 1. The summed E-state index contributed by atoms with van der Waals surface area (Å²) in [5.41, 5.74) is 1.98. The Morgan fingerprint density at radius 3 is 2.91 bits per heavy atom. The van der Waals surface area contributed by atoms with E-state index in [1.165, 1.54) is 12.8 Å². The Bertz CT molecular complexity index is 499. The second-order valence-electron chi connectivity index (χ2n) is 5.93. The molecule has 1 heterocycles. The van der Waals surface area contributed by atoms with Crippen LogP contribution in [0.1, 0.15) is 36.8 Å². The fourth-order valence-corrected chi connectivity index (χ4v) is 3.27. The molecule has 0 amide bonds. The van der Waals surface area contributed by atoms with Crippen molar-refractivity contribution in [2.75, 3.05) is 20.3 Å². The summed E-state index contributed by atoms with van der Waals surface area (Å²) in [6.45, 7) is 5.87. The molecule has 1 aromatic carbocycles. The van der Waals surface area contributed by atoms with Gasteiger partial charge >= 0.3 is 0 Å². The van der Waals surface area contributed by atoms with Crippen molar-refractivity contribution >= 4 is 0 Å². The van der Waals surface area contributed by atoms with Crippen LogP contribution < -0.4 is 4.74 Å². The summed E-state index contributed by atoms with van der Waals surface area (Å²) in [6.07, 6.45) is 6.83. The number of rotatable bonds is 7. The van der Waals surface area contributed by atoms with Gasteiger partial charge in [-0.05, 0) is 43.9 Å². The van der Waals surface area contributed by atoms with E-state index in [2.05, 4.69) is 11.5 Å². The van der Waals surface area contributed by atoms with Gasteiger partial charge in [0.15, 0.2) is 11.5 Å². The van der Waals surface area contributed by atoms with Crippen LogP contribution in [-0.2, 0) is 13.0 Å². The van der Waals surface area contributed by atoms with Crippen molar-refractivity contribution in [1.29, 1.82) is 0 Å². The lowest BCUT2D eigenvalue weighted by molar-refractivity contribution is 0.112. The molecule has 4 nitrogen and oxygen atoms in total. The van der Waals surface area contributed by atoms with Crippen molar-refractivity contribution in [1.82, 2.24) is 4.90 Å². The molecular weight excluding hydrogens is 278 g/mol. The summed E-state index contributed by atoms with van der Waals surface area (Å²) >= 11 is 0. The van der Waals surface area contributed by atoms with Crippen LogP contribution in [0.15, 0.2) is 24.8 Å². The number of methoxy groups -OCH3 is 1. The maximum atomic E-state index is 10.2. The van der Waals surface area contributed by atoms with Crippen molar-refractivity contribution in [2.24, 2.45) is 0 Å². The zero-order valence-corrected chi connectivity index (χ0v) is 13.4. The maximum absolute atomic E-state index is 10.2. The minimum Gasteiger partial charge on any atom is -0.504 e. The average molecular weight is 305 g/mol. The van der Waals surface area contributed by atoms with E-state index in [-0.39, 0.29) is 12.4 Å². The highest BCUT2D eigenvalue weighted by atomic mass is 16.5. The van der Waals surface area contributed by atoms with Gasteiger partial charge in [-0.2, -0.15) is 0 Å². The zero-order chi connectivity index (χ0) is 15.9. The van der Waals surface area contributed by atoms with Crippen molar-refractivity contribution in [2.45, 2.75) is 44.7 Å². The third-order valence-corrected chi connectivity index (χ3v) is 4.39. The van der Waals surface area contributed by atoms with Gasteiger partial charge in [-0.25, -0.2) is 0 Å². The molecule has 1 unspecified atom stereocenters. The first-order valence-electron chi connectivity index (χ1n) is 8.04. The smallest absolute Gasteiger partial charge is 0.161 e. The number of benzene rings is 1. The standard InChI is InChI=1S/C18H27NO3/c1-3-6-15-11-14(12-17(22-2)18(15)21)13-19-9-5-4-7-16(19)8-10-20/h3,11-12,16,20-21H,1,4-10,13H2,2H3. The van der Waals surface area contributed by atoms with Crippen LogP contribution in [0.25, 0.3) is 0 Å². The molecular formula is C18H27NO3. The third-order valence-electron chi connectivity index (χ3n) is 4.39. The average Bonchev–Trinajstić information content (AvgIpc) is 2.52. The predicted octanol–water partition coefficient (Wildman–Crippen LogP) is 2.87. The molecule has 122 valence electrons. The van der Waals surface area contributed by atoms with Crippen LogP contribution in [0.4, 0.5) is 0 Å². The number of aliphatic hydroxyl groups excluding tert-OH is 1. The van der Waals surface area contributed by atoms with Gasteiger partial charge in [-0.3, -0.25) is 4.90 Å². The molecule has 4 heteroatoms. The van der Waals surface area contributed by atoms with Crippen molar-refractivity contribution in [3.05, 3.63) is 35.9 Å². The number of piperidine rings is 1. The van der Waals surface area contributed by atoms with E-state index in [0.29, 0.717) is 18.2 Å². The minimum absolute atomic E-state index is 0.205. The molecule has 1 saturated heterocycles. The van der Waals surface area contributed by atoms with Crippen LogP contribution >= 0.6 is 0 Å². The first-order valence-corrected chi connectivity index (χ1v) is 8.04. The molecule has 22 heavy (non-hydrogen) atoms. The van der Waals surface area contributed by atoms with Crippen LogP contribution in [0.3, 0.4) is 0 Å². The number of aliphatic hydroxyl groups is 1. The van der Waals surface area contributed by atoms with Crippen LogP contribution in [-0.4, -0.2) is 41.4 Å². The molecule has 1 atom stereocenters. The first-order chi connectivity index (χ1) is 10.7. The number of hydrogen-bond acceptors (Lipinski definition) is 4. The number of nitrogens with zero attached hydrogens (tertiary/aromatic N) is 1. The number of allylic oxidation sites excluding steroid dienone is 1. The van der Waals surface area contributed by atoms with E-state index in [4.69, 9.17) is 4.74 Å². The Kier molecular flexibility index (Phi) is 6.28. The normalized spacial score (nSPS) is 19.1. The Hall–Kier alpha value is -1.52. The fourth-order valence-electron chi connectivity index (χ4n) is 3.27. The largest absolute Gasteiger partial charge is 0.504 e. The molecule has 2 N–H and O–H groups in total. The summed E-state index contributed by atoms with van der Waals surface area (Å²) in [4.78, 5) is 2.43. The number of likely N-dealkylation sites (tertiary alicyclic amines) is 1. The Labute approximate surface area is 133 Å². The second kappa shape index (κ2) is 8.20. The van der Waals surface area contributed by atoms with Gasteiger partial charge in [-0.1, -0.05) is 18.6 Å². The highest BCUT2D eigenvalue weighted by Crippen LogP contribution is 2.33. The summed E-state index contributed by atoms with van der Waals surface area (Å²) in [7, 11) is 1.58. The van der Waals surface area contributed by atoms with Crippen LogP contribution in [0.5, 0.6) is 11.5 Å². The summed E-state index contributed by atoms with van der Waals surface area (Å²) in [5, 5.41) is 19.4. The topological polar surface area (TPSA) is 52.9 Å². The minimum atomic E-state index is 0.205. The highest BCUT2D eigenvalue weighted by molar-refractivity contribution is 5.49. The van der Waals surface area contributed by atoms with Gasteiger partial charge in [-0.15, -0.1) is 6.58 Å². The molecule has 1 aliphatic rings. The monoisotopic (exact) mass is 305 g/mol. The molecule has 0 aliphatic carbocycles. The summed E-state index contributed by atoms with van der Waals surface area (Å²) in [5.74, 6) is 0.724. The van der Waals surface area contributed by atoms with Crippen molar-refractivity contribution < 1.29 is 14.9 Å². The lowest BCUT2D eigenvalue weighted by Gasteiger charge is -2.35. The Morgan fingerprint density at radius 2 is 2.23 bits per heavy atom. The second-order valence-corrected chi connectivity index (χ2v) is 5.93. The predicted molar refractivity (Wildman–Crippen MR) is 88.3 cm³/mol. The summed E-state index contributed by atoms with van der Waals surface area (Å²) in [6, 6.07) is 4.39. The molecule has 2 rings (SSSR count). The van der Waals surface area contributed by atoms with E-state index in [0.717, 1.165) is 37.1 Å². The number of phenolic OH excluding ortho intramolecular Hbond substituents is 1. The molecule has 0 spiro atoms. The number of phenols is 1. The third kappa shape index (κ3) is 4.02. The first kappa shape index (κ1) is 16.8. The Morgan fingerprint density at radius 1 is 1.41 bits per heavy atom. The molecule has 0 bridgehead atoms. The van der Waals surface area contributed by atoms with E-state index >= 15 is 0 Å². The van der Waals surface area contributed by atoms with Crippen LogP contribution in [0.2, 0.25) is 0 Å². The van der Waals surface area contributed by atoms with E-state index in [1.807, 2.05) is 12.1 Å². The molecule has 1 aromatic rings. The van der Waals surface area contributed by atoms with Gasteiger partial charge in [0.25, 0.3) is 0 Å². The maximum Gasteiger partial charge on any atom is 0.161 e. The van der Waals surface area contributed by atoms with Gasteiger partial charge in [0, 0.05) is 24.8 Å². The van der Waals surface area contributed by atoms with Gasteiger partial charge < -0.3 is 14.9 Å². The van der Waals surface area contributed by atoms with E-state index in [9.17, 15) is 10.2 Å². The molecule has 1 aliphatic heterocycles. The lowest BCUT2D eigenvalue weighted by atomic mass is 9.98. The zero-order valence-electron chi connectivity index (χ0n) is 13.4. The fraction of sp³-hybridized carbons (Fsp3) is 0.556. The van der Waals surface area contributed by atoms with Gasteiger partial charge in [0.1, 0.15) is 0 Å². The van der Waals surface area contributed by atoms with Crippen molar-refractivity contribution in [3.8, 4) is 11.5 Å². The Balaban J connectivity index is 2.20. The molecule has 0 aromatic heterocycles. The number of aromatic hydroxyl groups is 1. The SMILES string of the molecule is C=CCc1cc(CN2CCCCC2CCO)cc(OC)c1O. The quantitative estimate of drug-likeness (QED) is 0.761. The van der Waals surface area contributed by atoms with Gasteiger partial charge in [0.05, 0.1) is 7.11 Å². The summed E-state index contributed by atoms with van der Waals surface area (Å²) < 4.78 is 5.29. The van der Waals surface area contributed by atoms with Gasteiger partial charge in [0.2, 0.25) is 0 Å².